The molecule has 2 N–H and O–H groups in total. The number of carbonyl (C=O) groups is 3. The van der Waals surface area contributed by atoms with Crippen LogP contribution in [0.5, 0.6) is 0 Å². The lowest BCUT2D eigenvalue weighted by Crippen LogP contribution is -2.18. The molecule has 3 amide bonds. The molecule has 1 aromatic carbocycles. The van der Waals surface area contributed by atoms with Gasteiger partial charge in [0.25, 0.3) is 11.1 Å². The molecule has 92 valence electrons. The Labute approximate surface area is 108 Å². The van der Waals surface area contributed by atoms with E-state index >= 15 is 0 Å². The highest BCUT2D eigenvalue weighted by molar-refractivity contribution is 8.18. The van der Waals surface area contributed by atoms with Gasteiger partial charge in [0.2, 0.25) is 5.91 Å². The highest BCUT2D eigenvalue weighted by Gasteiger charge is 2.25. The normalized spacial score (nSPS) is 16.8. The molecular weight excluding hydrogens is 252 g/mol. The summed E-state index contributed by atoms with van der Waals surface area (Å²) in [5, 5.41) is 4.24. The monoisotopic (exact) mass is 262 g/mol. The molecule has 1 fully saturated rings. The number of anilines is 1. The lowest BCUT2D eigenvalue weighted by Gasteiger charge is -2.02. The number of carbonyl (C=O) groups excluding carboxylic acids is 3. The van der Waals surface area contributed by atoms with Gasteiger partial charge >= 0.3 is 0 Å². The first-order chi connectivity index (χ1) is 8.54. The maximum absolute atomic E-state index is 11.6. The van der Waals surface area contributed by atoms with Crippen molar-refractivity contribution in [3.05, 3.63) is 40.8 Å². The molecule has 0 aromatic heterocycles. The molecule has 18 heavy (non-hydrogen) atoms. The summed E-state index contributed by atoms with van der Waals surface area (Å²) in [5.41, 5.74) is 1.66. The van der Waals surface area contributed by atoms with Crippen LogP contribution < -0.4 is 10.6 Å². The van der Waals surface area contributed by atoms with E-state index in [2.05, 4.69) is 10.6 Å². The smallest absolute Gasteiger partial charge is 0.290 e. The third kappa shape index (κ3) is 2.98. The van der Waals surface area contributed by atoms with Crippen molar-refractivity contribution in [2.45, 2.75) is 6.92 Å². The number of benzene rings is 1. The third-order valence-electron chi connectivity index (χ3n) is 2.19. The van der Waals surface area contributed by atoms with Crippen molar-refractivity contribution < 1.29 is 14.4 Å². The van der Waals surface area contributed by atoms with E-state index < -0.39 is 17.1 Å². The molecule has 0 aliphatic carbocycles. The van der Waals surface area contributed by atoms with Crippen molar-refractivity contribution in [3.8, 4) is 0 Å². The highest BCUT2D eigenvalue weighted by Crippen LogP contribution is 2.22. The second-order valence-corrected chi connectivity index (χ2v) is 4.73. The van der Waals surface area contributed by atoms with Gasteiger partial charge in [-0.15, -0.1) is 0 Å². The Kier molecular flexibility index (Phi) is 3.47. The zero-order valence-electron chi connectivity index (χ0n) is 9.52. The molecule has 1 aliphatic rings. The predicted molar refractivity (Wildman–Crippen MR) is 69.0 cm³/mol. The van der Waals surface area contributed by atoms with Gasteiger partial charge in [0.15, 0.2) is 0 Å². The van der Waals surface area contributed by atoms with Crippen LogP contribution in [0.3, 0.4) is 0 Å². The van der Waals surface area contributed by atoms with E-state index in [1.165, 1.54) is 0 Å². The first-order valence-electron chi connectivity index (χ1n) is 5.17. The Morgan fingerprint density at radius 1 is 1.39 bits per heavy atom. The second kappa shape index (κ2) is 5.05. The summed E-state index contributed by atoms with van der Waals surface area (Å²) in [5.74, 6) is -0.975. The minimum Gasteiger partial charge on any atom is -0.322 e. The average Bonchev–Trinajstić information content (AvgIpc) is 2.57. The fourth-order valence-corrected chi connectivity index (χ4v) is 2.09. The van der Waals surface area contributed by atoms with Crippen LogP contribution in [0, 0.1) is 6.92 Å². The summed E-state index contributed by atoms with van der Waals surface area (Å²) in [6, 6.07) is 7.28. The number of hydrogen-bond donors (Lipinski definition) is 2. The van der Waals surface area contributed by atoms with Gasteiger partial charge in [0.05, 0.1) is 4.91 Å². The maximum atomic E-state index is 11.6. The second-order valence-electron chi connectivity index (χ2n) is 3.71. The van der Waals surface area contributed by atoms with E-state index in [0.717, 1.165) is 11.6 Å². The van der Waals surface area contributed by atoms with Gasteiger partial charge in [0.1, 0.15) is 0 Å². The van der Waals surface area contributed by atoms with E-state index in [9.17, 15) is 14.4 Å². The first-order valence-corrected chi connectivity index (χ1v) is 5.99. The van der Waals surface area contributed by atoms with Crippen LogP contribution in [0.1, 0.15) is 5.56 Å². The van der Waals surface area contributed by atoms with Crippen LogP contribution >= 0.6 is 11.8 Å². The molecule has 0 bridgehead atoms. The Morgan fingerprint density at radius 3 is 2.78 bits per heavy atom. The van der Waals surface area contributed by atoms with Gasteiger partial charge in [-0.1, -0.05) is 12.1 Å². The third-order valence-corrected chi connectivity index (χ3v) is 3.00. The van der Waals surface area contributed by atoms with Crippen LogP contribution in [0.15, 0.2) is 35.2 Å². The molecule has 1 aliphatic heterocycles. The molecular formula is C12H10N2O3S. The molecule has 6 heteroatoms. The standard InChI is InChI=1S/C12H10N2O3S/c1-7-3-2-4-8(5-7)13-10(15)6-9-11(16)14-12(17)18-9/h2-6H,1H3,(H,13,15)(H,14,16,17)/b9-6-. The van der Waals surface area contributed by atoms with E-state index in [-0.39, 0.29) is 4.91 Å². The zero-order chi connectivity index (χ0) is 13.1. The summed E-state index contributed by atoms with van der Waals surface area (Å²) < 4.78 is 0. The molecule has 0 unspecified atom stereocenters. The van der Waals surface area contributed by atoms with Gasteiger partial charge in [0, 0.05) is 11.8 Å². The number of amides is 3. The Morgan fingerprint density at radius 2 is 2.17 bits per heavy atom. The highest BCUT2D eigenvalue weighted by atomic mass is 32.2. The van der Waals surface area contributed by atoms with Crippen molar-refractivity contribution in [2.24, 2.45) is 0 Å². The Hall–Kier alpha value is -2.08. The van der Waals surface area contributed by atoms with E-state index in [1.54, 1.807) is 6.07 Å². The topological polar surface area (TPSA) is 75.3 Å². The van der Waals surface area contributed by atoms with E-state index in [4.69, 9.17) is 0 Å². The molecule has 1 saturated heterocycles. The molecule has 1 heterocycles. The molecule has 0 spiro atoms. The fraction of sp³-hybridized carbons (Fsp3) is 0.0833. The van der Waals surface area contributed by atoms with Crippen LogP contribution in [-0.2, 0) is 9.59 Å². The summed E-state index contributed by atoms with van der Waals surface area (Å²) >= 11 is 0.716. The molecule has 0 atom stereocenters. The molecule has 1 aromatic rings. The van der Waals surface area contributed by atoms with Gasteiger partial charge in [-0.2, -0.15) is 0 Å². The SMILES string of the molecule is Cc1cccc(NC(=O)/C=C2\SC(=O)NC2=O)c1. The van der Waals surface area contributed by atoms with Crippen molar-refractivity contribution in [1.82, 2.24) is 5.32 Å². The number of thioether (sulfide) groups is 1. The van der Waals surface area contributed by atoms with Crippen LogP contribution in [0.25, 0.3) is 0 Å². The van der Waals surface area contributed by atoms with Crippen molar-refractivity contribution in [1.29, 1.82) is 0 Å². The summed E-state index contributed by atoms with van der Waals surface area (Å²) in [7, 11) is 0. The van der Waals surface area contributed by atoms with Gasteiger partial charge in [-0.3, -0.25) is 19.7 Å². The van der Waals surface area contributed by atoms with Crippen molar-refractivity contribution >= 4 is 34.5 Å². The number of rotatable bonds is 2. The number of nitrogens with one attached hydrogen (secondary N) is 2. The average molecular weight is 262 g/mol. The number of aryl methyl sites for hydroxylation is 1. The van der Waals surface area contributed by atoms with Gasteiger partial charge in [-0.05, 0) is 36.4 Å². The number of hydrogen-bond acceptors (Lipinski definition) is 4. The first kappa shape index (κ1) is 12.4. The molecule has 0 radical (unpaired) electrons. The summed E-state index contributed by atoms with van der Waals surface area (Å²) in [6.07, 6.45) is 1.12. The van der Waals surface area contributed by atoms with E-state index in [0.29, 0.717) is 17.4 Å². The number of imide groups is 1. The minimum absolute atomic E-state index is 0.102. The van der Waals surface area contributed by atoms with Crippen LogP contribution in [-0.4, -0.2) is 17.1 Å². The van der Waals surface area contributed by atoms with Crippen LogP contribution in [0.2, 0.25) is 0 Å². The van der Waals surface area contributed by atoms with Crippen molar-refractivity contribution in [3.63, 3.8) is 0 Å². The largest absolute Gasteiger partial charge is 0.322 e. The Bertz CT molecular complexity index is 566. The zero-order valence-corrected chi connectivity index (χ0v) is 10.3. The molecule has 0 saturated carbocycles. The summed E-state index contributed by atoms with van der Waals surface area (Å²) in [6.45, 7) is 1.91. The lowest BCUT2D eigenvalue weighted by atomic mass is 10.2. The maximum Gasteiger partial charge on any atom is 0.290 e. The van der Waals surface area contributed by atoms with E-state index in [1.807, 2.05) is 25.1 Å². The minimum atomic E-state index is -0.538. The van der Waals surface area contributed by atoms with Gasteiger partial charge in [-0.25, -0.2) is 0 Å². The molecule has 5 nitrogen and oxygen atoms in total. The fourth-order valence-electron chi connectivity index (χ4n) is 1.44. The summed E-state index contributed by atoms with van der Waals surface area (Å²) in [4.78, 5) is 33.9. The quantitative estimate of drug-likeness (QED) is 0.797. The predicted octanol–water partition coefficient (Wildman–Crippen LogP) is 1.80. The lowest BCUT2D eigenvalue weighted by molar-refractivity contribution is -0.116. The van der Waals surface area contributed by atoms with Gasteiger partial charge < -0.3 is 5.32 Å². The van der Waals surface area contributed by atoms with Crippen LogP contribution in [0.4, 0.5) is 10.5 Å². The van der Waals surface area contributed by atoms with Crippen molar-refractivity contribution in [2.75, 3.05) is 5.32 Å². The molecule has 2 rings (SSSR count). The Balaban J connectivity index is 2.07.